The quantitative estimate of drug-likeness (QED) is 0.793. The van der Waals surface area contributed by atoms with Crippen molar-refractivity contribution in [3.8, 4) is 0 Å². The lowest BCUT2D eigenvalue weighted by molar-refractivity contribution is -0.00645. The fraction of sp³-hybridized carbons (Fsp3) is 0.278. The molecule has 0 unspecified atom stereocenters. The number of ether oxygens (including phenoxy) is 1. The highest BCUT2D eigenvalue weighted by atomic mass is 16.6. The van der Waals surface area contributed by atoms with Gasteiger partial charge in [0.15, 0.2) is 0 Å². The number of hydrogen-bond acceptors (Lipinski definition) is 2. The van der Waals surface area contributed by atoms with Crippen molar-refractivity contribution in [3.05, 3.63) is 71.3 Å². The van der Waals surface area contributed by atoms with E-state index >= 15 is 0 Å². The van der Waals surface area contributed by atoms with Gasteiger partial charge in [0, 0.05) is 13.0 Å². The molecule has 3 nitrogen and oxygen atoms in total. The van der Waals surface area contributed by atoms with Crippen LogP contribution >= 0.6 is 0 Å². The molecule has 1 saturated heterocycles. The fourth-order valence-electron chi connectivity index (χ4n) is 3.44. The van der Waals surface area contributed by atoms with Gasteiger partial charge in [0.1, 0.15) is 6.10 Å². The Hall–Kier alpha value is -2.29. The first kappa shape index (κ1) is 12.5. The average Bonchev–Trinajstić information content (AvgIpc) is 2.55. The molecule has 3 heteroatoms. The molecule has 0 aromatic heterocycles. The molecule has 1 amide bonds. The third kappa shape index (κ3) is 2.09. The monoisotopic (exact) mass is 279 g/mol. The molecule has 0 saturated carbocycles. The van der Waals surface area contributed by atoms with Crippen molar-refractivity contribution in [1.29, 1.82) is 0 Å². The van der Waals surface area contributed by atoms with Gasteiger partial charge in [-0.05, 0) is 23.1 Å². The number of amides is 1. The van der Waals surface area contributed by atoms with Crippen LogP contribution in [0.4, 0.5) is 4.79 Å². The molecule has 0 N–H and O–H groups in total. The van der Waals surface area contributed by atoms with Gasteiger partial charge in [-0.25, -0.2) is 4.79 Å². The number of rotatable bonds is 1. The topological polar surface area (TPSA) is 29.5 Å². The molecule has 106 valence electrons. The van der Waals surface area contributed by atoms with Crippen molar-refractivity contribution in [2.75, 3.05) is 6.54 Å². The van der Waals surface area contributed by atoms with E-state index in [1.54, 1.807) is 0 Å². The van der Waals surface area contributed by atoms with Crippen LogP contribution in [0.2, 0.25) is 0 Å². The van der Waals surface area contributed by atoms with Gasteiger partial charge < -0.3 is 9.64 Å². The highest BCUT2D eigenvalue weighted by Crippen LogP contribution is 2.41. The highest BCUT2D eigenvalue weighted by Gasteiger charge is 2.39. The molecule has 21 heavy (non-hydrogen) atoms. The molecule has 0 radical (unpaired) electrons. The second kappa shape index (κ2) is 4.92. The average molecular weight is 279 g/mol. The number of hydrogen-bond donors (Lipinski definition) is 0. The lowest BCUT2D eigenvalue weighted by Crippen LogP contribution is -2.45. The number of fused-ring (bicyclic) bond motifs is 3. The smallest absolute Gasteiger partial charge is 0.410 e. The van der Waals surface area contributed by atoms with Crippen LogP contribution in [-0.4, -0.2) is 17.5 Å². The minimum absolute atomic E-state index is 0.140. The van der Waals surface area contributed by atoms with Crippen molar-refractivity contribution >= 4 is 6.09 Å². The largest absolute Gasteiger partial charge is 0.441 e. The summed E-state index contributed by atoms with van der Waals surface area (Å²) in [5, 5.41) is 0. The summed E-state index contributed by atoms with van der Waals surface area (Å²) in [6.07, 6.45) is 1.41. The van der Waals surface area contributed by atoms with Crippen molar-refractivity contribution in [2.24, 2.45) is 0 Å². The number of cyclic esters (lactones) is 1. The van der Waals surface area contributed by atoms with Gasteiger partial charge in [0.25, 0.3) is 0 Å². The Kier molecular flexibility index (Phi) is 2.92. The molecule has 2 aliphatic heterocycles. The molecule has 2 aromatic rings. The summed E-state index contributed by atoms with van der Waals surface area (Å²) in [6, 6.07) is 18.6. The third-order valence-electron chi connectivity index (χ3n) is 4.50. The standard InChI is InChI=1S/C18H17NO2/c20-18-19-11-10-13-6-4-5-9-15(13)16(19)12-17(21-18)14-7-2-1-3-8-14/h1-9,16-17H,10-12H2/t16-,17-/m1/s1. The fourth-order valence-corrected chi connectivity index (χ4v) is 3.44. The molecule has 2 atom stereocenters. The first-order valence-corrected chi connectivity index (χ1v) is 7.43. The van der Waals surface area contributed by atoms with E-state index in [1.165, 1.54) is 11.1 Å². The second-order valence-electron chi connectivity index (χ2n) is 5.68. The molecule has 0 spiro atoms. The van der Waals surface area contributed by atoms with E-state index in [9.17, 15) is 4.79 Å². The molecule has 4 rings (SSSR count). The molecule has 2 aromatic carbocycles. The zero-order valence-electron chi connectivity index (χ0n) is 11.7. The summed E-state index contributed by atoms with van der Waals surface area (Å²) in [6.45, 7) is 0.752. The Morgan fingerprint density at radius 1 is 1.00 bits per heavy atom. The number of carbonyl (C=O) groups is 1. The van der Waals surface area contributed by atoms with Gasteiger partial charge in [0.2, 0.25) is 0 Å². The first-order valence-electron chi connectivity index (χ1n) is 7.43. The predicted octanol–water partition coefficient (Wildman–Crippen LogP) is 3.87. The summed E-state index contributed by atoms with van der Waals surface area (Å²) in [5.74, 6) is 0. The van der Waals surface area contributed by atoms with E-state index in [2.05, 4.69) is 24.3 Å². The van der Waals surface area contributed by atoms with Crippen LogP contribution in [0.1, 0.15) is 35.3 Å². The molecule has 2 heterocycles. The molecule has 2 aliphatic rings. The summed E-state index contributed by atoms with van der Waals surface area (Å²) in [4.78, 5) is 14.2. The predicted molar refractivity (Wildman–Crippen MR) is 79.9 cm³/mol. The molecular weight excluding hydrogens is 262 g/mol. The van der Waals surface area contributed by atoms with Crippen LogP contribution in [0.15, 0.2) is 54.6 Å². The van der Waals surface area contributed by atoms with Gasteiger partial charge >= 0.3 is 6.09 Å². The SMILES string of the molecule is O=C1O[C@@H](c2ccccc2)C[C@@H]2c3ccccc3CCN12. The maximum absolute atomic E-state index is 12.3. The minimum Gasteiger partial charge on any atom is -0.441 e. The highest BCUT2D eigenvalue weighted by molar-refractivity contribution is 5.70. The number of benzene rings is 2. The Balaban J connectivity index is 1.70. The van der Waals surface area contributed by atoms with E-state index in [0.717, 1.165) is 24.9 Å². The summed E-state index contributed by atoms with van der Waals surface area (Å²) in [7, 11) is 0. The zero-order valence-corrected chi connectivity index (χ0v) is 11.7. The van der Waals surface area contributed by atoms with E-state index in [1.807, 2.05) is 35.2 Å². The van der Waals surface area contributed by atoms with Crippen LogP contribution in [0.3, 0.4) is 0 Å². The third-order valence-corrected chi connectivity index (χ3v) is 4.50. The van der Waals surface area contributed by atoms with Gasteiger partial charge in [-0.3, -0.25) is 0 Å². The number of nitrogens with zero attached hydrogens (tertiary/aromatic N) is 1. The van der Waals surface area contributed by atoms with Crippen molar-refractivity contribution in [3.63, 3.8) is 0 Å². The molecule has 0 bridgehead atoms. The summed E-state index contributed by atoms with van der Waals surface area (Å²) < 4.78 is 5.64. The van der Waals surface area contributed by atoms with Crippen LogP contribution in [0.5, 0.6) is 0 Å². The summed E-state index contributed by atoms with van der Waals surface area (Å²) in [5.41, 5.74) is 3.72. The van der Waals surface area contributed by atoms with Crippen LogP contribution < -0.4 is 0 Å². The van der Waals surface area contributed by atoms with E-state index in [4.69, 9.17) is 4.74 Å². The van der Waals surface area contributed by atoms with E-state index in [-0.39, 0.29) is 18.2 Å². The minimum atomic E-state index is -0.186. The molecular formula is C18H17NO2. The van der Waals surface area contributed by atoms with Crippen molar-refractivity contribution < 1.29 is 9.53 Å². The zero-order chi connectivity index (χ0) is 14.2. The van der Waals surface area contributed by atoms with Crippen LogP contribution in [-0.2, 0) is 11.2 Å². The van der Waals surface area contributed by atoms with Crippen LogP contribution in [0, 0.1) is 0 Å². The lowest BCUT2D eigenvalue weighted by atomic mass is 9.87. The Labute approximate surface area is 124 Å². The Bertz CT molecular complexity index is 668. The van der Waals surface area contributed by atoms with Gasteiger partial charge in [-0.15, -0.1) is 0 Å². The Morgan fingerprint density at radius 3 is 2.62 bits per heavy atom. The van der Waals surface area contributed by atoms with Crippen molar-refractivity contribution in [1.82, 2.24) is 4.90 Å². The maximum atomic E-state index is 12.3. The van der Waals surface area contributed by atoms with Gasteiger partial charge in [-0.1, -0.05) is 54.6 Å². The first-order chi connectivity index (χ1) is 10.3. The molecule has 0 aliphatic carbocycles. The van der Waals surface area contributed by atoms with Gasteiger partial charge in [0.05, 0.1) is 6.04 Å². The van der Waals surface area contributed by atoms with E-state index < -0.39 is 0 Å². The van der Waals surface area contributed by atoms with Crippen molar-refractivity contribution in [2.45, 2.75) is 25.0 Å². The molecule has 1 fully saturated rings. The maximum Gasteiger partial charge on any atom is 0.410 e. The van der Waals surface area contributed by atoms with Crippen LogP contribution in [0.25, 0.3) is 0 Å². The van der Waals surface area contributed by atoms with E-state index in [0.29, 0.717) is 0 Å². The lowest BCUT2D eigenvalue weighted by Gasteiger charge is -2.42. The van der Waals surface area contributed by atoms with Gasteiger partial charge in [-0.2, -0.15) is 0 Å². The normalized spacial score (nSPS) is 24.0. The number of carbonyl (C=O) groups excluding carboxylic acids is 1. The Morgan fingerprint density at radius 2 is 1.76 bits per heavy atom. The second-order valence-corrected chi connectivity index (χ2v) is 5.68. The summed E-state index contributed by atoms with van der Waals surface area (Å²) >= 11 is 0.